The van der Waals surface area contributed by atoms with Gasteiger partial charge in [0.25, 0.3) is 0 Å². The number of nitrogens with one attached hydrogen (secondary N) is 1. The van der Waals surface area contributed by atoms with Crippen LogP contribution in [0.5, 0.6) is 0 Å². The Balaban J connectivity index is 2.30. The normalized spacial score (nSPS) is 11.4. The molecule has 0 aliphatic heterocycles. The Labute approximate surface area is 111 Å². The third-order valence-corrected chi connectivity index (χ3v) is 4.09. The largest absolute Gasteiger partial charge is 0.453 e. The Hall–Kier alpha value is -1.92. The maximum atomic E-state index is 11.7. The lowest BCUT2D eigenvalue weighted by Gasteiger charge is -2.04. The zero-order chi connectivity index (χ0) is 13.9. The molecule has 0 bridgehead atoms. The zero-order valence-corrected chi connectivity index (χ0v) is 11.1. The summed E-state index contributed by atoms with van der Waals surface area (Å²) in [6, 6.07) is 9.49. The fourth-order valence-electron chi connectivity index (χ4n) is 1.64. The first kappa shape index (κ1) is 13.5. The molecule has 0 atom stereocenters. The Bertz CT molecular complexity index is 671. The lowest BCUT2D eigenvalue weighted by Crippen LogP contribution is -2.22. The van der Waals surface area contributed by atoms with E-state index in [1.807, 2.05) is 0 Å². The molecule has 1 aromatic carbocycles. The van der Waals surface area contributed by atoms with Gasteiger partial charge in [0, 0.05) is 12.1 Å². The smallest absolute Gasteiger partial charge is 0.240 e. The molecular formula is C13H13NO4S. The summed E-state index contributed by atoms with van der Waals surface area (Å²) in [6.45, 7) is 2.06. The van der Waals surface area contributed by atoms with Gasteiger partial charge < -0.3 is 4.42 Å². The van der Waals surface area contributed by atoms with Crippen LogP contribution in [0.2, 0.25) is 0 Å². The first-order chi connectivity index (χ1) is 9.06. The highest BCUT2D eigenvalue weighted by molar-refractivity contribution is 7.89. The number of sulfonamides is 1. The predicted molar refractivity (Wildman–Crippen MR) is 70.4 cm³/mol. The molecule has 0 unspecified atom stereocenters. The quantitative estimate of drug-likeness (QED) is 0.850. The van der Waals surface area contributed by atoms with Crippen molar-refractivity contribution in [2.24, 2.45) is 0 Å². The van der Waals surface area contributed by atoms with Crippen LogP contribution in [-0.2, 0) is 10.0 Å². The van der Waals surface area contributed by atoms with Crippen LogP contribution in [0, 0.1) is 0 Å². The minimum Gasteiger partial charge on any atom is -0.453 e. The second-order valence-electron chi connectivity index (χ2n) is 3.85. The highest BCUT2D eigenvalue weighted by Gasteiger charge is 2.12. The molecule has 2 aromatic rings. The third kappa shape index (κ3) is 2.91. The summed E-state index contributed by atoms with van der Waals surface area (Å²) in [6.07, 6.45) is 0.619. The Morgan fingerprint density at radius 1 is 1.16 bits per heavy atom. The number of furan rings is 1. The topological polar surface area (TPSA) is 76.4 Å². The summed E-state index contributed by atoms with van der Waals surface area (Å²) in [4.78, 5) is 10.7. The molecule has 100 valence electrons. The summed E-state index contributed by atoms with van der Waals surface area (Å²) in [5, 5.41) is 0. The van der Waals surface area contributed by atoms with Crippen LogP contribution in [0.1, 0.15) is 17.5 Å². The number of carbonyl (C=O) groups is 1. The van der Waals surface area contributed by atoms with Crippen LogP contribution in [0.15, 0.2) is 45.7 Å². The molecular weight excluding hydrogens is 266 g/mol. The van der Waals surface area contributed by atoms with E-state index < -0.39 is 10.0 Å². The maximum Gasteiger partial charge on any atom is 0.240 e. The molecule has 19 heavy (non-hydrogen) atoms. The van der Waals surface area contributed by atoms with Crippen LogP contribution in [0.4, 0.5) is 0 Å². The van der Waals surface area contributed by atoms with E-state index in [0.717, 1.165) is 0 Å². The van der Waals surface area contributed by atoms with E-state index in [-0.39, 0.29) is 10.7 Å². The fourth-order valence-corrected chi connectivity index (χ4v) is 2.68. The van der Waals surface area contributed by atoms with Crippen molar-refractivity contribution in [2.45, 2.75) is 11.8 Å². The SMILES string of the molecule is CCNS(=O)(=O)c1ccc(-c2ccc(C=O)o2)cc1. The number of hydrogen-bond donors (Lipinski definition) is 1. The summed E-state index contributed by atoms with van der Waals surface area (Å²) in [7, 11) is -3.45. The Morgan fingerprint density at radius 3 is 2.37 bits per heavy atom. The van der Waals surface area contributed by atoms with E-state index in [1.54, 1.807) is 31.2 Å². The van der Waals surface area contributed by atoms with E-state index in [2.05, 4.69) is 4.72 Å². The molecule has 0 aliphatic carbocycles. The average Bonchev–Trinajstić information content (AvgIpc) is 2.87. The lowest BCUT2D eigenvalue weighted by atomic mass is 10.2. The molecule has 1 N–H and O–H groups in total. The monoisotopic (exact) mass is 279 g/mol. The molecule has 0 aliphatic rings. The molecule has 0 amide bonds. The third-order valence-electron chi connectivity index (χ3n) is 2.53. The first-order valence-corrected chi connectivity index (χ1v) is 7.20. The van der Waals surface area contributed by atoms with Crippen molar-refractivity contribution in [2.75, 3.05) is 6.54 Å². The lowest BCUT2D eigenvalue weighted by molar-refractivity contribution is 0.110. The maximum absolute atomic E-state index is 11.7. The Morgan fingerprint density at radius 2 is 1.84 bits per heavy atom. The van der Waals surface area contributed by atoms with Crippen molar-refractivity contribution >= 4 is 16.3 Å². The van der Waals surface area contributed by atoms with Gasteiger partial charge in [0.05, 0.1) is 4.90 Å². The van der Waals surface area contributed by atoms with Crippen molar-refractivity contribution in [1.29, 1.82) is 0 Å². The van der Waals surface area contributed by atoms with E-state index in [9.17, 15) is 13.2 Å². The van der Waals surface area contributed by atoms with Crippen molar-refractivity contribution in [3.8, 4) is 11.3 Å². The molecule has 1 aromatic heterocycles. The van der Waals surface area contributed by atoms with Crippen molar-refractivity contribution in [3.05, 3.63) is 42.2 Å². The fraction of sp³-hybridized carbons (Fsp3) is 0.154. The van der Waals surface area contributed by atoms with Crippen LogP contribution < -0.4 is 4.72 Å². The highest BCUT2D eigenvalue weighted by Crippen LogP contribution is 2.23. The van der Waals surface area contributed by atoms with Gasteiger partial charge >= 0.3 is 0 Å². The number of aldehydes is 1. The minimum atomic E-state index is -3.45. The second-order valence-corrected chi connectivity index (χ2v) is 5.61. The van der Waals surface area contributed by atoms with Crippen molar-refractivity contribution in [3.63, 3.8) is 0 Å². The van der Waals surface area contributed by atoms with Gasteiger partial charge in [-0.1, -0.05) is 6.92 Å². The van der Waals surface area contributed by atoms with Gasteiger partial charge in [0.2, 0.25) is 10.0 Å². The molecule has 0 saturated heterocycles. The summed E-state index contributed by atoms with van der Waals surface area (Å²) < 4.78 is 31.2. The summed E-state index contributed by atoms with van der Waals surface area (Å²) >= 11 is 0. The Kier molecular flexibility index (Phi) is 3.82. The molecule has 2 rings (SSSR count). The van der Waals surface area contributed by atoms with Crippen molar-refractivity contribution < 1.29 is 17.6 Å². The zero-order valence-electron chi connectivity index (χ0n) is 10.3. The minimum absolute atomic E-state index is 0.195. The number of benzene rings is 1. The molecule has 0 fully saturated rings. The number of hydrogen-bond acceptors (Lipinski definition) is 4. The molecule has 6 heteroatoms. The van der Waals surface area contributed by atoms with Gasteiger partial charge in [-0.3, -0.25) is 4.79 Å². The van der Waals surface area contributed by atoms with Crippen LogP contribution in [-0.4, -0.2) is 21.2 Å². The first-order valence-electron chi connectivity index (χ1n) is 5.72. The molecule has 0 spiro atoms. The van der Waals surface area contributed by atoms with Gasteiger partial charge in [-0.25, -0.2) is 13.1 Å². The molecule has 0 radical (unpaired) electrons. The van der Waals surface area contributed by atoms with Gasteiger partial charge in [0.15, 0.2) is 12.0 Å². The van der Waals surface area contributed by atoms with Gasteiger partial charge in [-0.2, -0.15) is 0 Å². The van der Waals surface area contributed by atoms with Crippen LogP contribution >= 0.6 is 0 Å². The molecule has 0 saturated carbocycles. The highest BCUT2D eigenvalue weighted by atomic mass is 32.2. The summed E-state index contributed by atoms with van der Waals surface area (Å²) in [5.41, 5.74) is 0.712. The number of rotatable bonds is 5. The van der Waals surface area contributed by atoms with E-state index in [0.29, 0.717) is 24.2 Å². The average molecular weight is 279 g/mol. The predicted octanol–water partition coefficient (Wildman–Crippen LogP) is 2.06. The van der Waals surface area contributed by atoms with Crippen LogP contribution in [0.3, 0.4) is 0 Å². The van der Waals surface area contributed by atoms with Crippen molar-refractivity contribution in [1.82, 2.24) is 4.72 Å². The van der Waals surface area contributed by atoms with Crippen LogP contribution in [0.25, 0.3) is 11.3 Å². The van der Waals surface area contributed by atoms with E-state index >= 15 is 0 Å². The van der Waals surface area contributed by atoms with E-state index in [1.165, 1.54) is 12.1 Å². The van der Waals surface area contributed by atoms with E-state index in [4.69, 9.17) is 4.42 Å². The molecule has 5 nitrogen and oxygen atoms in total. The number of carbonyl (C=O) groups excluding carboxylic acids is 1. The van der Waals surface area contributed by atoms with Gasteiger partial charge in [0.1, 0.15) is 5.76 Å². The second kappa shape index (κ2) is 5.38. The summed E-state index contributed by atoms with van der Waals surface area (Å²) in [5.74, 6) is 0.758. The van der Waals surface area contributed by atoms with Gasteiger partial charge in [-0.05, 0) is 36.4 Å². The molecule has 1 heterocycles. The van der Waals surface area contributed by atoms with Gasteiger partial charge in [-0.15, -0.1) is 0 Å². The standard InChI is InChI=1S/C13H13NO4S/c1-2-14-19(16,17)12-6-3-10(4-7-12)13-8-5-11(9-15)18-13/h3-9,14H,2H2,1H3.